The zero-order valence-corrected chi connectivity index (χ0v) is 17.0. The second-order valence-corrected chi connectivity index (χ2v) is 7.87. The van der Waals surface area contributed by atoms with Crippen LogP contribution in [0.2, 0.25) is 0 Å². The number of rotatable bonds is 3. The number of aromatic nitrogens is 2. The van der Waals surface area contributed by atoms with Crippen LogP contribution in [0.15, 0.2) is 109 Å². The van der Waals surface area contributed by atoms with Gasteiger partial charge in [0.2, 0.25) is 0 Å². The summed E-state index contributed by atoms with van der Waals surface area (Å²) in [7, 11) is 0. The van der Waals surface area contributed by atoms with E-state index < -0.39 is 0 Å². The minimum Gasteiger partial charge on any atom is -0.228 e. The maximum Gasteiger partial charge on any atom is 0.160 e. The van der Waals surface area contributed by atoms with Crippen LogP contribution >= 0.6 is 0 Å². The third-order valence-corrected chi connectivity index (χ3v) is 5.93. The van der Waals surface area contributed by atoms with Crippen LogP contribution in [0.1, 0.15) is 11.1 Å². The van der Waals surface area contributed by atoms with Gasteiger partial charge in [-0.2, -0.15) is 0 Å². The standard InChI is InChI=1S/C29H20N2/c1-4-10-20(11-5-1)23-16-17-24-19-26-27(21-12-6-2-7-13-21)30-29(22-14-8-3-9-15-22)31-28(26)25(24)18-23/h1-18H,19H2. The van der Waals surface area contributed by atoms with E-state index >= 15 is 0 Å². The van der Waals surface area contributed by atoms with Crippen molar-refractivity contribution in [1.29, 1.82) is 0 Å². The molecule has 4 aromatic carbocycles. The predicted molar refractivity (Wildman–Crippen MR) is 127 cm³/mol. The molecule has 146 valence electrons. The normalized spacial score (nSPS) is 11.7. The average Bonchev–Trinajstić information content (AvgIpc) is 3.23. The van der Waals surface area contributed by atoms with Crippen molar-refractivity contribution in [2.45, 2.75) is 6.42 Å². The summed E-state index contributed by atoms with van der Waals surface area (Å²) in [4.78, 5) is 10.1. The Kier molecular flexibility index (Phi) is 4.21. The topological polar surface area (TPSA) is 25.8 Å². The van der Waals surface area contributed by atoms with Gasteiger partial charge in [-0.25, -0.2) is 9.97 Å². The van der Waals surface area contributed by atoms with Gasteiger partial charge in [-0.05, 0) is 22.8 Å². The molecule has 2 nitrogen and oxygen atoms in total. The lowest BCUT2D eigenvalue weighted by atomic mass is 10.00. The predicted octanol–water partition coefficient (Wildman–Crippen LogP) is 7.05. The molecule has 0 fully saturated rings. The summed E-state index contributed by atoms with van der Waals surface area (Å²) in [5, 5.41) is 0. The van der Waals surface area contributed by atoms with Crippen LogP contribution < -0.4 is 0 Å². The second-order valence-electron chi connectivity index (χ2n) is 7.87. The molecule has 31 heavy (non-hydrogen) atoms. The maximum atomic E-state index is 5.07. The minimum atomic E-state index is 0.774. The summed E-state index contributed by atoms with van der Waals surface area (Å²) in [5.74, 6) is 0.774. The molecule has 0 atom stereocenters. The molecule has 0 aliphatic heterocycles. The second kappa shape index (κ2) is 7.33. The van der Waals surface area contributed by atoms with Crippen molar-refractivity contribution in [2.75, 3.05) is 0 Å². The van der Waals surface area contributed by atoms with Crippen LogP contribution in [0.4, 0.5) is 0 Å². The van der Waals surface area contributed by atoms with Crippen molar-refractivity contribution in [3.63, 3.8) is 0 Å². The molecule has 0 N–H and O–H groups in total. The molecular weight excluding hydrogens is 376 g/mol. The van der Waals surface area contributed by atoms with Gasteiger partial charge < -0.3 is 0 Å². The number of benzene rings is 4. The van der Waals surface area contributed by atoms with Gasteiger partial charge in [0, 0.05) is 28.7 Å². The first-order chi connectivity index (χ1) is 15.4. The number of fused-ring (bicyclic) bond motifs is 3. The van der Waals surface area contributed by atoms with Gasteiger partial charge in [0.05, 0.1) is 11.4 Å². The molecule has 0 saturated heterocycles. The Morgan fingerprint density at radius 3 is 1.74 bits per heavy atom. The highest BCUT2D eigenvalue weighted by Gasteiger charge is 2.26. The number of hydrogen-bond donors (Lipinski definition) is 0. The lowest BCUT2D eigenvalue weighted by molar-refractivity contribution is 1.13. The SMILES string of the molecule is c1ccc(-c2ccc3c(c2)-c2nc(-c4ccccc4)nc(-c4ccccc4)c2C3)cc1. The molecule has 0 radical (unpaired) electrons. The molecule has 1 aromatic heterocycles. The van der Waals surface area contributed by atoms with Crippen LogP contribution in [-0.2, 0) is 6.42 Å². The lowest BCUT2D eigenvalue weighted by Crippen LogP contribution is -1.99. The van der Waals surface area contributed by atoms with Crippen molar-refractivity contribution in [3.05, 3.63) is 120 Å². The van der Waals surface area contributed by atoms with E-state index in [0.29, 0.717) is 0 Å². The Labute approximate surface area is 181 Å². The summed E-state index contributed by atoms with van der Waals surface area (Å²) in [5.41, 5.74) is 10.4. The van der Waals surface area contributed by atoms with Crippen molar-refractivity contribution in [2.24, 2.45) is 0 Å². The zero-order chi connectivity index (χ0) is 20.6. The fraction of sp³-hybridized carbons (Fsp3) is 0.0345. The average molecular weight is 396 g/mol. The Bertz CT molecular complexity index is 1380. The largest absolute Gasteiger partial charge is 0.228 e. The molecule has 1 heterocycles. The molecule has 1 aliphatic rings. The van der Waals surface area contributed by atoms with Crippen LogP contribution in [0.25, 0.3) is 45.0 Å². The first-order valence-electron chi connectivity index (χ1n) is 10.6. The van der Waals surface area contributed by atoms with E-state index in [0.717, 1.165) is 34.8 Å². The fourth-order valence-electron chi connectivity index (χ4n) is 4.38. The Hall–Kier alpha value is -4.04. The molecule has 0 bridgehead atoms. The lowest BCUT2D eigenvalue weighted by Gasteiger charge is -2.11. The van der Waals surface area contributed by atoms with Gasteiger partial charge in [-0.3, -0.25) is 0 Å². The van der Waals surface area contributed by atoms with Gasteiger partial charge in [0.25, 0.3) is 0 Å². The highest BCUT2D eigenvalue weighted by atomic mass is 14.9. The van der Waals surface area contributed by atoms with E-state index in [1.54, 1.807) is 0 Å². The molecule has 6 rings (SSSR count). The van der Waals surface area contributed by atoms with E-state index in [1.807, 2.05) is 24.3 Å². The van der Waals surface area contributed by atoms with E-state index in [2.05, 4.69) is 84.9 Å². The van der Waals surface area contributed by atoms with Gasteiger partial charge in [-0.15, -0.1) is 0 Å². The van der Waals surface area contributed by atoms with Gasteiger partial charge in [0.15, 0.2) is 5.82 Å². The number of hydrogen-bond acceptors (Lipinski definition) is 2. The highest BCUT2D eigenvalue weighted by Crippen LogP contribution is 2.42. The van der Waals surface area contributed by atoms with Crippen LogP contribution in [0.3, 0.4) is 0 Å². The highest BCUT2D eigenvalue weighted by molar-refractivity contribution is 5.85. The molecular formula is C29H20N2. The molecule has 0 amide bonds. The summed E-state index contributed by atoms with van der Waals surface area (Å²) >= 11 is 0. The molecule has 2 heteroatoms. The van der Waals surface area contributed by atoms with Crippen molar-refractivity contribution in [3.8, 4) is 45.0 Å². The molecule has 0 unspecified atom stereocenters. The Morgan fingerprint density at radius 2 is 1.06 bits per heavy atom. The van der Waals surface area contributed by atoms with Crippen molar-refractivity contribution >= 4 is 0 Å². The third-order valence-electron chi connectivity index (χ3n) is 5.93. The first kappa shape index (κ1) is 17.8. The Balaban J connectivity index is 1.58. The van der Waals surface area contributed by atoms with Gasteiger partial charge in [-0.1, -0.05) is 103 Å². The summed E-state index contributed by atoms with van der Waals surface area (Å²) in [6, 6.07) is 38.0. The number of nitrogens with zero attached hydrogens (tertiary/aromatic N) is 2. The van der Waals surface area contributed by atoms with Gasteiger partial charge in [0.1, 0.15) is 0 Å². The fourth-order valence-corrected chi connectivity index (χ4v) is 4.38. The van der Waals surface area contributed by atoms with Crippen LogP contribution in [0.5, 0.6) is 0 Å². The first-order valence-corrected chi connectivity index (χ1v) is 10.6. The smallest absolute Gasteiger partial charge is 0.160 e. The molecule has 5 aromatic rings. The van der Waals surface area contributed by atoms with E-state index in [4.69, 9.17) is 9.97 Å². The third kappa shape index (κ3) is 3.13. The maximum absolute atomic E-state index is 5.07. The zero-order valence-electron chi connectivity index (χ0n) is 17.0. The quantitative estimate of drug-likeness (QED) is 0.320. The van der Waals surface area contributed by atoms with Gasteiger partial charge >= 0.3 is 0 Å². The summed E-state index contributed by atoms with van der Waals surface area (Å²) in [6.45, 7) is 0. The summed E-state index contributed by atoms with van der Waals surface area (Å²) in [6.07, 6.45) is 0.860. The molecule has 1 aliphatic carbocycles. The molecule has 0 saturated carbocycles. The minimum absolute atomic E-state index is 0.774. The van der Waals surface area contributed by atoms with E-state index in [1.165, 1.54) is 27.8 Å². The Morgan fingerprint density at radius 1 is 0.484 bits per heavy atom. The van der Waals surface area contributed by atoms with Crippen molar-refractivity contribution < 1.29 is 0 Å². The van der Waals surface area contributed by atoms with E-state index in [9.17, 15) is 0 Å². The monoisotopic (exact) mass is 396 g/mol. The van der Waals surface area contributed by atoms with Crippen LogP contribution in [0, 0.1) is 0 Å². The van der Waals surface area contributed by atoms with E-state index in [-0.39, 0.29) is 0 Å². The summed E-state index contributed by atoms with van der Waals surface area (Å²) < 4.78 is 0. The van der Waals surface area contributed by atoms with Crippen LogP contribution in [-0.4, -0.2) is 9.97 Å². The molecule has 0 spiro atoms. The van der Waals surface area contributed by atoms with Crippen molar-refractivity contribution in [1.82, 2.24) is 9.97 Å².